The topological polar surface area (TPSA) is 50.1 Å². The molecule has 4 aliphatic carbocycles. The lowest BCUT2D eigenvalue weighted by Crippen LogP contribution is -2.63. The fraction of sp³-hybridized carbons (Fsp3) is 0.889. The Morgan fingerprint density at radius 3 is 2.54 bits per heavy atom. The van der Waals surface area contributed by atoms with Gasteiger partial charge in [0.15, 0.2) is 5.41 Å². The molecule has 0 saturated heterocycles. The monoisotopic (exact) mass is 343 g/mol. The van der Waals surface area contributed by atoms with Crippen molar-refractivity contribution < 1.29 is 22.7 Å². The van der Waals surface area contributed by atoms with E-state index in [4.69, 9.17) is 4.74 Å². The summed E-state index contributed by atoms with van der Waals surface area (Å²) < 4.78 is 45.9. The van der Waals surface area contributed by atoms with Crippen molar-refractivity contribution in [3.8, 4) is 6.07 Å². The molecular weight excluding hydrogens is 319 g/mol. The minimum atomic E-state index is -4.64. The van der Waals surface area contributed by atoms with E-state index < -0.39 is 28.6 Å². The fourth-order valence-corrected chi connectivity index (χ4v) is 5.38. The number of carbonyl (C=O) groups excluding carboxylic acids is 1. The van der Waals surface area contributed by atoms with Gasteiger partial charge in [0.05, 0.1) is 11.5 Å². The predicted octanol–water partition coefficient (Wildman–Crippen LogP) is 4.62. The predicted molar refractivity (Wildman–Crippen MR) is 80.6 cm³/mol. The second kappa shape index (κ2) is 5.12. The summed E-state index contributed by atoms with van der Waals surface area (Å²) in [5.74, 6) is -0.634. The van der Waals surface area contributed by atoms with Gasteiger partial charge in [-0.2, -0.15) is 18.4 Å². The van der Waals surface area contributed by atoms with Crippen LogP contribution in [0.4, 0.5) is 13.2 Å². The molecule has 4 fully saturated rings. The molecule has 0 N–H and O–H groups in total. The van der Waals surface area contributed by atoms with Gasteiger partial charge < -0.3 is 4.74 Å². The Bertz CT molecular complexity index is 598. The Balaban J connectivity index is 1.91. The summed E-state index contributed by atoms with van der Waals surface area (Å²) in [6, 6.07) is 2.40. The zero-order valence-electron chi connectivity index (χ0n) is 14.4. The summed E-state index contributed by atoms with van der Waals surface area (Å²) in [6.45, 7) is 4.24. The lowest BCUT2D eigenvalue weighted by molar-refractivity contribution is -0.257. The largest absolute Gasteiger partial charge is 0.458 e. The molecule has 4 rings (SSSR count). The van der Waals surface area contributed by atoms with Crippen LogP contribution in [-0.4, -0.2) is 17.7 Å². The number of esters is 1. The van der Waals surface area contributed by atoms with Crippen molar-refractivity contribution in [1.82, 2.24) is 0 Å². The van der Waals surface area contributed by atoms with Crippen LogP contribution in [0, 0.1) is 39.9 Å². The highest BCUT2D eigenvalue weighted by atomic mass is 19.4. The average Bonchev–Trinajstić information content (AvgIpc) is 2.49. The van der Waals surface area contributed by atoms with Crippen LogP contribution in [0.2, 0.25) is 0 Å². The van der Waals surface area contributed by atoms with Gasteiger partial charge in [0.2, 0.25) is 0 Å². The van der Waals surface area contributed by atoms with Gasteiger partial charge in [-0.05, 0) is 56.8 Å². The van der Waals surface area contributed by atoms with Crippen LogP contribution in [-0.2, 0) is 9.53 Å². The number of carbonyl (C=O) groups is 1. The van der Waals surface area contributed by atoms with Crippen molar-refractivity contribution >= 4 is 5.97 Å². The molecule has 24 heavy (non-hydrogen) atoms. The van der Waals surface area contributed by atoms with Crippen molar-refractivity contribution in [3.63, 3.8) is 0 Å². The molecule has 6 unspecified atom stereocenters. The van der Waals surface area contributed by atoms with E-state index in [1.165, 1.54) is 6.92 Å². The molecule has 0 spiro atoms. The van der Waals surface area contributed by atoms with Gasteiger partial charge in [0.25, 0.3) is 0 Å². The van der Waals surface area contributed by atoms with Gasteiger partial charge >= 0.3 is 12.1 Å². The Morgan fingerprint density at radius 2 is 2.00 bits per heavy atom. The first-order valence-electron chi connectivity index (χ1n) is 8.72. The van der Waals surface area contributed by atoms with Crippen LogP contribution in [0.25, 0.3) is 0 Å². The molecule has 0 amide bonds. The molecule has 0 radical (unpaired) electrons. The number of alkyl halides is 3. The van der Waals surface area contributed by atoms with Crippen molar-refractivity contribution in [3.05, 3.63) is 0 Å². The number of hydrogen-bond acceptors (Lipinski definition) is 3. The Kier molecular flexibility index (Phi) is 3.75. The van der Waals surface area contributed by atoms with Crippen molar-refractivity contribution in [1.29, 1.82) is 5.26 Å². The van der Waals surface area contributed by atoms with Crippen LogP contribution in [0.5, 0.6) is 0 Å². The van der Waals surface area contributed by atoms with Crippen molar-refractivity contribution in [2.75, 3.05) is 0 Å². The molecule has 4 aliphatic rings. The molecule has 4 saturated carbocycles. The third-order valence-electron chi connectivity index (χ3n) is 7.09. The highest BCUT2D eigenvalue weighted by Gasteiger charge is 2.65. The number of rotatable bonds is 3. The van der Waals surface area contributed by atoms with E-state index in [2.05, 4.69) is 6.07 Å². The van der Waals surface area contributed by atoms with Crippen LogP contribution in [0.3, 0.4) is 0 Å². The molecule has 0 aliphatic heterocycles. The average molecular weight is 343 g/mol. The molecule has 0 aromatic carbocycles. The lowest BCUT2D eigenvalue weighted by atomic mass is 9.45. The molecule has 134 valence electrons. The minimum Gasteiger partial charge on any atom is -0.458 e. The van der Waals surface area contributed by atoms with Gasteiger partial charge in [-0.1, -0.05) is 13.8 Å². The number of halogens is 3. The number of hydrogen-bond donors (Lipinski definition) is 0. The second-order valence-electron chi connectivity index (χ2n) is 8.47. The van der Waals surface area contributed by atoms with Gasteiger partial charge in [-0.15, -0.1) is 0 Å². The maximum Gasteiger partial charge on any atom is 0.404 e. The van der Waals surface area contributed by atoms with E-state index in [0.717, 1.165) is 26.2 Å². The van der Waals surface area contributed by atoms with Crippen molar-refractivity contribution in [2.45, 2.75) is 71.1 Å². The molecule has 6 heteroatoms. The first-order chi connectivity index (χ1) is 11.0. The summed E-state index contributed by atoms with van der Waals surface area (Å²) in [5.41, 5.74) is -3.92. The maximum absolute atomic E-state index is 13.4. The standard InChI is InChI=1S/C18H24F3NO2/c1-4-15(3,18(19,20)21)14(23)24-17-7-12-5-13(11(17)2)8-16(6-12,9-17)10-22/h11-13H,4-9H2,1-3H3. The zero-order valence-corrected chi connectivity index (χ0v) is 14.4. The van der Waals surface area contributed by atoms with E-state index in [0.29, 0.717) is 12.8 Å². The van der Waals surface area contributed by atoms with E-state index in [1.54, 1.807) is 0 Å². The third kappa shape index (κ3) is 2.27. The maximum atomic E-state index is 13.4. The second-order valence-corrected chi connectivity index (χ2v) is 8.47. The Morgan fingerprint density at radius 1 is 1.33 bits per heavy atom. The van der Waals surface area contributed by atoms with Crippen LogP contribution in [0.15, 0.2) is 0 Å². The number of nitriles is 1. The first-order valence-corrected chi connectivity index (χ1v) is 8.72. The van der Waals surface area contributed by atoms with E-state index in [-0.39, 0.29) is 24.2 Å². The van der Waals surface area contributed by atoms with Gasteiger partial charge in [-0.3, -0.25) is 4.79 Å². The lowest BCUT2D eigenvalue weighted by Gasteiger charge is -2.62. The Labute approximate surface area is 140 Å². The molecule has 4 bridgehead atoms. The molecule has 6 atom stereocenters. The summed E-state index contributed by atoms with van der Waals surface area (Å²) in [5, 5.41) is 9.63. The number of ether oxygens (including phenoxy) is 1. The van der Waals surface area contributed by atoms with E-state index >= 15 is 0 Å². The van der Waals surface area contributed by atoms with Gasteiger partial charge in [0.1, 0.15) is 5.60 Å². The summed E-state index contributed by atoms with van der Waals surface area (Å²) in [7, 11) is 0. The molecule has 0 aromatic rings. The van der Waals surface area contributed by atoms with E-state index in [9.17, 15) is 23.2 Å². The summed E-state index contributed by atoms with van der Waals surface area (Å²) >= 11 is 0. The molecule has 0 aromatic heterocycles. The van der Waals surface area contributed by atoms with Crippen LogP contribution >= 0.6 is 0 Å². The highest BCUT2D eigenvalue weighted by Crippen LogP contribution is 2.65. The van der Waals surface area contributed by atoms with Gasteiger partial charge in [0, 0.05) is 6.42 Å². The normalized spacial score (nSPS) is 43.1. The van der Waals surface area contributed by atoms with Crippen LogP contribution < -0.4 is 0 Å². The van der Waals surface area contributed by atoms with Gasteiger partial charge in [-0.25, -0.2) is 0 Å². The van der Waals surface area contributed by atoms with Crippen molar-refractivity contribution in [2.24, 2.45) is 28.6 Å². The third-order valence-corrected chi connectivity index (χ3v) is 7.09. The fourth-order valence-electron chi connectivity index (χ4n) is 5.38. The molecular formula is C18H24F3NO2. The van der Waals surface area contributed by atoms with E-state index in [1.807, 2.05) is 6.92 Å². The molecule has 0 heterocycles. The minimum absolute atomic E-state index is 0.00816. The zero-order chi connectivity index (χ0) is 18.0. The summed E-state index contributed by atoms with van der Waals surface area (Å²) in [6.07, 6.45) is -1.45. The Hall–Kier alpha value is -1.25. The first kappa shape index (κ1) is 17.6. The summed E-state index contributed by atoms with van der Waals surface area (Å²) in [4.78, 5) is 12.5. The quantitative estimate of drug-likeness (QED) is 0.703. The molecule has 3 nitrogen and oxygen atoms in total. The SMILES string of the molecule is CCC(C)(C(=O)OC12CC3CC(CC(C#N)(C3)C1)C2C)C(F)(F)F. The number of nitrogens with zero attached hydrogens (tertiary/aromatic N) is 1. The van der Waals surface area contributed by atoms with Crippen LogP contribution in [0.1, 0.15) is 59.3 Å². The smallest absolute Gasteiger partial charge is 0.404 e. The highest BCUT2D eigenvalue weighted by molar-refractivity contribution is 5.78.